The van der Waals surface area contributed by atoms with Gasteiger partial charge in [-0.2, -0.15) is 4.31 Å². The number of carbonyl (C=O) groups excluding carboxylic acids is 1. The summed E-state index contributed by atoms with van der Waals surface area (Å²) in [5, 5.41) is 2.93. The highest BCUT2D eigenvalue weighted by molar-refractivity contribution is 7.89. The van der Waals surface area contributed by atoms with Crippen molar-refractivity contribution in [2.45, 2.75) is 19.9 Å². The molecule has 0 bridgehead atoms. The molecule has 1 aliphatic rings. The van der Waals surface area contributed by atoms with Gasteiger partial charge in [0.15, 0.2) is 0 Å². The van der Waals surface area contributed by atoms with Crippen molar-refractivity contribution in [3.63, 3.8) is 0 Å². The van der Waals surface area contributed by atoms with Gasteiger partial charge in [-0.3, -0.25) is 4.79 Å². The highest BCUT2D eigenvalue weighted by Gasteiger charge is 2.28. The molecule has 2 aromatic rings. The van der Waals surface area contributed by atoms with Crippen LogP contribution in [0.15, 0.2) is 42.6 Å². The molecule has 30 heavy (non-hydrogen) atoms. The second kappa shape index (κ2) is 9.90. The van der Waals surface area contributed by atoms with Crippen LogP contribution in [0.1, 0.15) is 29.3 Å². The number of benzene rings is 1. The van der Waals surface area contributed by atoms with Crippen LogP contribution >= 0.6 is 0 Å². The fourth-order valence-electron chi connectivity index (χ4n) is 3.41. The van der Waals surface area contributed by atoms with E-state index in [1.54, 1.807) is 25.4 Å². The predicted octanol–water partition coefficient (Wildman–Crippen LogP) is 1.88. The third kappa shape index (κ3) is 5.28. The van der Waals surface area contributed by atoms with E-state index in [2.05, 4.69) is 10.3 Å². The Morgan fingerprint density at radius 3 is 2.47 bits per heavy atom. The molecule has 0 spiro atoms. The molecule has 1 amide bonds. The van der Waals surface area contributed by atoms with Gasteiger partial charge in [-0.25, -0.2) is 13.4 Å². The van der Waals surface area contributed by atoms with Gasteiger partial charge in [-0.05, 0) is 36.2 Å². The van der Waals surface area contributed by atoms with E-state index in [1.807, 2.05) is 36.1 Å². The molecular formula is C21H28N4O4S. The van der Waals surface area contributed by atoms with Gasteiger partial charge in [-0.15, -0.1) is 0 Å². The number of ether oxygens (including phenoxy) is 1. The molecule has 0 radical (unpaired) electrons. The van der Waals surface area contributed by atoms with E-state index in [-0.39, 0.29) is 11.7 Å². The average molecular weight is 433 g/mol. The van der Waals surface area contributed by atoms with Crippen LogP contribution < -0.4 is 15.0 Å². The van der Waals surface area contributed by atoms with E-state index in [1.165, 1.54) is 4.31 Å². The van der Waals surface area contributed by atoms with Crippen LogP contribution in [0.25, 0.3) is 0 Å². The average Bonchev–Trinajstić information content (AvgIpc) is 2.78. The Hall–Kier alpha value is -2.65. The SMILES string of the molecule is CCCS(=O)(=O)N1CCN(c2ncccc2C(=O)NCc2ccc(OC)cc2)CC1. The monoisotopic (exact) mass is 432 g/mol. The van der Waals surface area contributed by atoms with Gasteiger partial charge in [-0.1, -0.05) is 19.1 Å². The molecule has 0 saturated carbocycles. The number of aromatic nitrogens is 1. The molecule has 1 fully saturated rings. The molecule has 3 rings (SSSR count). The number of rotatable bonds is 8. The number of methoxy groups -OCH3 is 1. The minimum absolute atomic E-state index is 0.162. The Bertz CT molecular complexity index is 955. The van der Waals surface area contributed by atoms with Crippen molar-refractivity contribution in [1.82, 2.24) is 14.6 Å². The van der Waals surface area contributed by atoms with E-state index < -0.39 is 10.0 Å². The van der Waals surface area contributed by atoms with Crippen molar-refractivity contribution < 1.29 is 17.9 Å². The van der Waals surface area contributed by atoms with E-state index in [4.69, 9.17) is 4.74 Å². The lowest BCUT2D eigenvalue weighted by molar-refractivity contribution is 0.0951. The Morgan fingerprint density at radius 2 is 1.83 bits per heavy atom. The molecule has 0 aliphatic carbocycles. The fourth-order valence-corrected chi connectivity index (χ4v) is 4.91. The maximum absolute atomic E-state index is 12.8. The van der Waals surface area contributed by atoms with Crippen LogP contribution in [0.3, 0.4) is 0 Å². The van der Waals surface area contributed by atoms with Gasteiger partial charge in [0.2, 0.25) is 10.0 Å². The number of hydrogen-bond acceptors (Lipinski definition) is 6. The number of hydrogen-bond donors (Lipinski definition) is 1. The summed E-state index contributed by atoms with van der Waals surface area (Å²) < 4.78 is 31.2. The normalized spacial score (nSPS) is 15.1. The van der Waals surface area contributed by atoms with Crippen molar-refractivity contribution in [2.75, 3.05) is 43.9 Å². The molecule has 162 valence electrons. The Morgan fingerprint density at radius 1 is 1.13 bits per heavy atom. The van der Waals surface area contributed by atoms with Crippen LogP contribution in [0.2, 0.25) is 0 Å². The predicted molar refractivity (Wildman–Crippen MR) is 116 cm³/mol. The number of amides is 1. The summed E-state index contributed by atoms with van der Waals surface area (Å²) in [6, 6.07) is 11.0. The van der Waals surface area contributed by atoms with Gasteiger partial charge in [0.1, 0.15) is 11.6 Å². The molecule has 0 atom stereocenters. The van der Waals surface area contributed by atoms with E-state index in [0.29, 0.717) is 50.5 Å². The zero-order chi connectivity index (χ0) is 21.6. The van der Waals surface area contributed by atoms with Gasteiger partial charge in [0.05, 0.1) is 18.4 Å². The maximum atomic E-state index is 12.8. The molecule has 1 aliphatic heterocycles. The maximum Gasteiger partial charge on any atom is 0.255 e. The molecule has 9 heteroatoms. The van der Waals surface area contributed by atoms with Crippen LogP contribution in [0.5, 0.6) is 5.75 Å². The van der Waals surface area contributed by atoms with Gasteiger partial charge in [0, 0.05) is 38.9 Å². The topological polar surface area (TPSA) is 91.8 Å². The molecule has 1 N–H and O–H groups in total. The molecule has 8 nitrogen and oxygen atoms in total. The quantitative estimate of drug-likeness (QED) is 0.685. The van der Waals surface area contributed by atoms with Crippen LogP contribution in [0.4, 0.5) is 5.82 Å². The highest BCUT2D eigenvalue weighted by atomic mass is 32.2. The summed E-state index contributed by atoms with van der Waals surface area (Å²) in [5.41, 5.74) is 1.44. The first-order chi connectivity index (χ1) is 14.4. The first kappa shape index (κ1) is 22.0. The van der Waals surface area contributed by atoms with Crippen LogP contribution in [-0.4, -0.2) is 62.7 Å². The summed E-state index contributed by atoms with van der Waals surface area (Å²) in [5.74, 6) is 1.29. The first-order valence-corrected chi connectivity index (χ1v) is 11.6. The van der Waals surface area contributed by atoms with Crippen LogP contribution in [0, 0.1) is 0 Å². The standard InChI is InChI=1S/C21H28N4O4S/c1-3-15-30(27,28)25-13-11-24(12-14-25)20-19(5-4-10-22-20)21(26)23-16-17-6-8-18(29-2)9-7-17/h4-10H,3,11-16H2,1-2H3,(H,23,26). The van der Waals surface area contributed by atoms with Crippen molar-refractivity contribution in [3.8, 4) is 5.75 Å². The molecule has 1 aromatic carbocycles. The number of carbonyl (C=O) groups is 1. The Kier molecular flexibility index (Phi) is 7.28. The number of nitrogens with zero attached hydrogens (tertiary/aromatic N) is 3. The van der Waals surface area contributed by atoms with Crippen molar-refractivity contribution in [2.24, 2.45) is 0 Å². The van der Waals surface area contributed by atoms with Crippen molar-refractivity contribution in [1.29, 1.82) is 0 Å². The van der Waals surface area contributed by atoms with Crippen LogP contribution in [-0.2, 0) is 16.6 Å². The fraction of sp³-hybridized carbons (Fsp3) is 0.429. The first-order valence-electron chi connectivity index (χ1n) is 10.0. The summed E-state index contributed by atoms with van der Waals surface area (Å²) in [6.45, 7) is 4.04. The third-order valence-electron chi connectivity index (χ3n) is 5.04. The lowest BCUT2D eigenvalue weighted by Gasteiger charge is -2.35. The Balaban J connectivity index is 1.65. The second-order valence-electron chi connectivity index (χ2n) is 7.11. The van der Waals surface area contributed by atoms with Crippen molar-refractivity contribution in [3.05, 3.63) is 53.7 Å². The van der Waals surface area contributed by atoms with Gasteiger partial charge in [0.25, 0.3) is 5.91 Å². The zero-order valence-electron chi connectivity index (χ0n) is 17.4. The highest BCUT2D eigenvalue weighted by Crippen LogP contribution is 2.20. The number of pyridine rings is 1. The lowest BCUT2D eigenvalue weighted by atomic mass is 10.2. The molecule has 2 heterocycles. The summed E-state index contributed by atoms with van der Waals surface area (Å²) in [4.78, 5) is 19.2. The number of piperazine rings is 1. The molecule has 1 saturated heterocycles. The van der Waals surface area contributed by atoms with E-state index >= 15 is 0 Å². The van der Waals surface area contributed by atoms with Crippen molar-refractivity contribution >= 4 is 21.7 Å². The van der Waals surface area contributed by atoms with E-state index in [0.717, 1.165) is 11.3 Å². The zero-order valence-corrected chi connectivity index (χ0v) is 18.2. The molecule has 0 unspecified atom stereocenters. The number of anilines is 1. The summed E-state index contributed by atoms with van der Waals surface area (Å²) in [7, 11) is -1.60. The largest absolute Gasteiger partial charge is 0.497 e. The smallest absolute Gasteiger partial charge is 0.255 e. The second-order valence-corrected chi connectivity index (χ2v) is 9.20. The minimum atomic E-state index is -3.21. The number of sulfonamides is 1. The van der Waals surface area contributed by atoms with Gasteiger partial charge >= 0.3 is 0 Å². The summed E-state index contributed by atoms with van der Waals surface area (Å²) >= 11 is 0. The summed E-state index contributed by atoms with van der Waals surface area (Å²) in [6.07, 6.45) is 2.25. The lowest BCUT2D eigenvalue weighted by Crippen LogP contribution is -2.50. The van der Waals surface area contributed by atoms with E-state index in [9.17, 15) is 13.2 Å². The molecule has 1 aromatic heterocycles. The third-order valence-corrected chi connectivity index (χ3v) is 7.11. The Labute approximate surface area is 177 Å². The minimum Gasteiger partial charge on any atom is -0.497 e. The van der Waals surface area contributed by atoms with Gasteiger partial charge < -0.3 is 15.0 Å². The molecular weight excluding hydrogens is 404 g/mol. The number of nitrogens with one attached hydrogen (secondary N) is 1.